The van der Waals surface area contributed by atoms with Crippen LogP contribution in [0.15, 0.2) is 18.3 Å². The molecule has 1 aromatic heterocycles. The van der Waals surface area contributed by atoms with Crippen molar-refractivity contribution in [3.63, 3.8) is 0 Å². The van der Waals surface area contributed by atoms with Gasteiger partial charge in [-0.3, -0.25) is 0 Å². The molecule has 1 saturated heterocycles. The van der Waals surface area contributed by atoms with Crippen molar-refractivity contribution in [1.29, 1.82) is 5.26 Å². The van der Waals surface area contributed by atoms with E-state index in [9.17, 15) is 0 Å². The minimum Gasteiger partial charge on any atom is -0.369 e. The normalized spacial score (nSPS) is 20.2. The van der Waals surface area contributed by atoms with Crippen LogP contribution in [0.25, 0.3) is 0 Å². The van der Waals surface area contributed by atoms with E-state index in [0.29, 0.717) is 5.69 Å². The number of hydrogen-bond acceptors (Lipinski definition) is 3. The fraction of sp³-hybridized carbons (Fsp3) is 0.600. The summed E-state index contributed by atoms with van der Waals surface area (Å²) in [5.41, 5.74) is 1.57. The fourth-order valence-corrected chi connectivity index (χ4v) is 2.84. The van der Waals surface area contributed by atoms with Gasteiger partial charge in [0.1, 0.15) is 6.07 Å². The van der Waals surface area contributed by atoms with Gasteiger partial charge in [0.05, 0.1) is 5.69 Å². The molecule has 2 rings (SSSR count). The van der Waals surface area contributed by atoms with Crippen molar-refractivity contribution >= 4 is 5.69 Å². The van der Waals surface area contributed by atoms with Gasteiger partial charge in [-0.1, -0.05) is 19.8 Å². The van der Waals surface area contributed by atoms with Gasteiger partial charge < -0.3 is 4.90 Å². The van der Waals surface area contributed by atoms with Gasteiger partial charge >= 0.3 is 0 Å². The Morgan fingerprint density at radius 2 is 2.33 bits per heavy atom. The maximum Gasteiger partial charge on any atom is 0.163 e. The Morgan fingerprint density at radius 3 is 3.11 bits per heavy atom. The highest BCUT2D eigenvalue weighted by molar-refractivity contribution is 5.55. The minimum atomic E-state index is 0.562. The van der Waals surface area contributed by atoms with Crippen LogP contribution in [0.4, 0.5) is 5.69 Å². The monoisotopic (exact) mass is 243 g/mol. The highest BCUT2D eigenvalue weighted by Crippen LogP contribution is 2.26. The van der Waals surface area contributed by atoms with Gasteiger partial charge in [0.25, 0.3) is 0 Å². The zero-order chi connectivity index (χ0) is 12.8. The largest absolute Gasteiger partial charge is 0.369 e. The first-order chi connectivity index (χ1) is 8.85. The molecule has 0 saturated carbocycles. The molecule has 1 aromatic rings. The summed E-state index contributed by atoms with van der Waals surface area (Å²) in [5, 5.41) is 9.12. The maximum absolute atomic E-state index is 9.12. The molecule has 0 N–H and O–H groups in total. The molecule has 18 heavy (non-hydrogen) atoms. The number of hydrogen-bond donors (Lipinski definition) is 0. The van der Waals surface area contributed by atoms with Crippen LogP contribution in [0.1, 0.15) is 44.7 Å². The number of aromatic nitrogens is 1. The second-order valence-electron chi connectivity index (χ2n) is 5.06. The second kappa shape index (κ2) is 6.39. The van der Waals surface area contributed by atoms with Crippen LogP contribution in [-0.4, -0.2) is 18.1 Å². The quantitative estimate of drug-likeness (QED) is 0.817. The summed E-state index contributed by atoms with van der Waals surface area (Å²) >= 11 is 0. The molecule has 96 valence electrons. The van der Waals surface area contributed by atoms with Gasteiger partial charge in [-0.15, -0.1) is 0 Å². The number of rotatable bonds is 3. The van der Waals surface area contributed by atoms with Gasteiger partial charge in [0, 0.05) is 19.3 Å². The molecule has 0 aromatic carbocycles. The molecule has 1 aliphatic rings. The van der Waals surface area contributed by atoms with E-state index in [4.69, 9.17) is 5.26 Å². The predicted octanol–water partition coefficient (Wildman–Crippen LogP) is 3.36. The van der Waals surface area contributed by atoms with Crippen molar-refractivity contribution < 1.29 is 0 Å². The van der Waals surface area contributed by atoms with E-state index in [1.54, 1.807) is 6.20 Å². The van der Waals surface area contributed by atoms with Crippen molar-refractivity contribution in [2.24, 2.45) is 5.92 Å². The molecule has 1 unspecified atom stereocenters. The SMILES string of the molecule is CCCC1CCCN(c2cccnc2C#N)CC1. The summed E-state index contributed by atoms with van der Waals surface area (Å²) < 4.78 is 0. The molecule has 0 amide bonds. The van der Waals surface area contributed by atoms with Crippen molar-refractivity contribution in [2.45, 2.75) is 39.0 Å². The lowest BCUT2D eigenvalue weighted by Crippen LogP contribution is -2.25. The van der Waals surface area contributed by atoms with Crippen molar-refractivity contribution in [1.82, 2.24) is 4.98 Å². The molecule has 0 bridgehead atoms. The Labute approximate surface area is 109 Å². The summed E-state index contributed by atoms with van der Waals surface area (Å²) in [6.07, 6.45) is 8.11. The molecular formula is C15H21N3. The Balaban J connectivity index is 2.08. The van der Waals surface area contributed by atoms with Gasteiger partial charge in [-0.25, -0.2) is 4.98 Å². The van der Waals surface area contributed by atoms with Crippen molar-refractivity contribution in [3.8, 4) is 6.07 Å². The Morgan fingerprint density at radius 1 is 1.44 bits per heavy atom. The van der Waals surface area contributed by atoms with Gasteiger partial charge in [-0.05, 0) is 37.3 Å². The molecule has 0 aliphatic carbocycles. The number of anilines is 1. The third kappa shape index (κ3) is 3.01. The molecule has 1 atom stereocenters. The lowest BCUT2D eigenvalue weighted by molar-refractivity contribution is 0.435. The Kier molecular flexibility index (Phi) is 4.58. The molecule has 0 spiro atoms. The van der Waals surface area contributed by atoms with Crippen LogP contribution in [0, 0.1) is 17.2 Å². The van der Waals surface area contributed by atoms with Crippen LogP contribution in [0.3, 0.4) is 0 Å². The molecule has 3 nitrogen and oxygen atoms in total. The Bertz CT molecular complexity index is 422. The van der Waals surface area contributed by atoms with E-state index >= 15 is 0 Å². The highest BCUT2D eigenvalue weighted by Gasteiger charge is 2.18. The topological polar surface area (TPSA) is 39.9 Å². The van der Waals surface area contributed by atoms with Crippen LogP contribution in [0.5, 0.6) is 0 Å². The number of nitriles is 1. The van der Waals surface area contributed by atoms with E-state index in [1.807, 2.05) is 12.1 Å². The smallest absolute Gasteiger partial charge is 0.163 e. The summed E-state index contributed by atoms with van der Waals surface area (Å²) in [5.74, 6) is 0.863. The number of nitrogens with zero attached hydrogens (tertiary/aromatic N) is 3. The first-order valence-electron chi connectivity index (χ1n) is 6.95. The van der Waals surface area contributed by atoms with E-state index in [-0.39, 0.29) is 0 Å². The van der Waals surface area contributed by atoms with Crippen LogP contribution >= 0.6 is 0 Å². The molecule has 1 fully saturated rings. The van der Waals surface area contributed by atoms with Crippen LogP contribution < -0.4 is 4.90 Å². The van der Waals surface area contributed by atoms with E-state index in [2.05, 4.69) is 22.9 Å². The van der Waals surface area contributed by atoms with E-state index in [0.717, 1.165) is 24.7 Å². The lowest BCUT2D eigenvalue weighted by atomic mass is 9.96. The first kappa shape index (κ1) is 12.9. The standard InChI is InChI=1S/C15H21N3/c1-2-5-13-6-4-10-18(11-8-13)15-7-3-9-17-14(15)12-16/h3,7,9,13H,2,4-6,8,10-11H2,1H3. The molecular weight excluding hydrogens is 222 g/mol. The fourth-order valence-electron chi connectivity index (χ4n) is 2.84. The highest BCUT2D eigenvalue weighted by atomic mass is 15.1. The lowest BCUT2D eigenvalue weighted by Gasteiger charge is -2.23. The predicted molar refractivity (Wildman–Crippen MR) is 73.4 cm³/mol. The molecule has 1 aliphatic heterocycles. The van der Waals surface area contributed by atoms with E-state index < -0.39 is 0 Å². The summed E-state index contributed by atoms with van der Waals surface area (Å²) in [6.45, 7) is 4.38. The van der Waals surface area contributed by atoms with Gasteiger partial charge in [-0.2, -0.15) is 5.26 Å². The summed E-state index contributed by atoms with van der Waals surface area (Å²) in [6, 6.07) is 6.14. The summed E-state index contributed by atoms with van der Waals surface area (Å²) in [4.78, 5) is 6.49. The zero-order valence-corrected chi connectivity index (χ0v) is 11.1. The van der Waals surface area contributed by atoms with Crippen molar-refractivity contribution in [3.05, 3.63) is 24.0 Å². The third-order valence-corrected chi connectivity index (χ3v) is 3.78. The zero-order valence-electron chi connectivity index (χ0n) is 11.1. The average molecular weight is 243 g/mol. The maximum atomic E-state index is 9.12. The molecule has 3 heteroatoms. The average Bonchev–Trinajstić information content (AvgIpc) is 2.65. The Hall–Kier alpha value is -1.56. The van der Waals surface area contributed by atoms with Crippen molar-refractivity contribution in [2.75, 3.05) is 18.0 Å². The number of pyridine rings is 1. The first-order valence-corrected chi connectivity index (χ1v) is 6.95. The second-order valence-corrected chi connectivity index (χ2v) is 5.06. The van der Waals surface area contributed by atoms with Gasteiger partial charge in [0.2, 0.25) is 0 Å². The van der Waals surface area contributed by atoms with Crippen LogP contribution in [-0.2, 0) is 0 Å². The summed E-state index contributed by atoms with van der Waals surface area (Å²) in [7, 11) is 0. The van der Waals surface area contributed by atoms with Crippen LogP contribution in [0.2, 0.25) is 0 Å². The third-order valence-electron chi connectivity index (χ3n) is 3.78. The van der Waals surface area contributed by atoms with E-state index in [1.165, 1.54) is 32.1 Å². The molecule has 0 radical (unpaired) electrons. The molecule has 2 heterocycles. The minimum absolute atomic E-state index is 0.562. The van der Waals surface area contributed by atoms with Gasteiger partial charge in [0.15, 0.2) is 5.69 Å².